The summed E-state index contributed by atoms with van der Waals surface area (Å²) in [4.78, 5) is 4.27. The molecule has 0 aliphatic rings. The predicted molar refractivity (Wildman–Crippen MR) is 79.2 cm³/mol. The average molecular weight is 272 g/mol. The van der Waals surface area contributed by atoms with E-state index in [0.717, 1.165) is 23.3 Å². The summed E-state index contributed by atoms with van der Waals surface area (Å²) in [6, 6.07) is 9.52. The van der Waals surface area contributed by atoms with E-state index in [0.29, 0.717) is 24.8 Å². The van der Waals surface area contributed by atoms with E-state index in [4.69, 9.17) is 15.2 Å². The minimum absolute atomic E-state index is 0.396. The first-order valence-corrected chi connectivity index (χ1v) is 6.80. The molecule has 0 atom stereocenters. The molecule has 1 aromatic carbocycles. The van der Waals surface area contributed by atoms with Crippen molar-refractivity contribution in [3.05, 3.63) is 47.7 Å². The average Bonchev–Trinajstić information content (AvgIpc) is 2.47. The smallest absolute Gasteiger partial charge is 0.224 e. The fourth-order valence-electron chi connectivity index (χ4n) is 1.87. The van der Waals surface area contributed by atoms with Gasteiger partial charge in [0, 0.05) is 18.3 Å². The Balaban J connectivity index is 2.28. The Bertz CT molecular complexity index is 570. The van der Waals surface area contributed by atoms with Gasteiger partial charge in [0.05, 0.1) is 6.61 Å². The van der Waals surface area contributed by atoms with Gasteiger partial charge in [-0.15, -0.1) is 0 Å². The van der Waals surface area contributed by atoms with Crippen molar-refractivity contribution in [1.82, 2.24) is 4.98 Å². The van der Waals surface area contributed by atoms with Gasteiger partial charge in [-0.2, -0.15) is 0 Å². The summed E-state index contributed by atoms with van der Waals surface area (Å²) in [5, 5.41) is 0. The number of nitrogens with zero attached hydrogens (tertiary/aromatic N) is 1. The maximum Gasteiger partial charge on any atom is 0.224 e. The van der Waals surface area contributed by atoms with Crippen molar-refractivity contribution >= 4 is 0 Å². The molecule has 0 radical (unpaired) electrons. The van der Waals surface area contributed by atoms with Crippen LogP contribution in [0.1, 0.15) is 24.5 Å². The number of hydrogen-bond acceptors (Lipinski definition) is 4. The molecule has 0 saturated heterocycles. The topological polar surface area (TPSA) is 57.4 Å². The second-order valence-electron chi connectivity index (χ2n) is 4.51. The molecule has 0 saturated carbocycles. The summed E-state index contributed by atoms with van der Waals surface area (Å²) in [5.41, 5.74) is 7.76. The largest absolute Gasteiger partial charge is 0.490 e. The number of ether oxygens (including phenoxy) is 2. The van der Waals surface area contributed by atoms with Gasteiger partial charge in [0.1, 0.15) is 0 Å². The van der Waals surface area contributed by atoms with E-state index in [1.807, 2.05) is 37.3 Å². The molecule has 0 spiro atoms. The number of nitrogens with two attached hydrogens (primary N) is 1. The first kappa shape index (κ1) is 14.3. The molecule has 1 heterocycles. The molecule has 0 aliphatic carbocycles. The molecule has 4 heteroatoms. The lowest BCUT2D eigenvalue weighted by Crippen LogP contribution is -2.04. The highest BCUT2D eigenvalue weighted by molar-refractivity contribution is 5.44. The van der Waals surface area contributed by atoms with Crippen molar-refractivity contribution in [3.8, 4) is 17.4 Å². The fourth-order valence-corrected chi connectivity index (χ4v) is 1.87. The number of pyridine rings is 1. The first-order chi connectivity index (χ1) is 9.76. The third kappa shape index (κ3) is 3.27. The van der Waals surface area contributed by atoms with Crippen LogP contribution in [0.25, 0.3) is 0 Å². The Morgan fingerprint density at radius 1 is 1.15 bits per heavy atom. The molecule has 2 aromatic rings. The van der Waals surface area contributed by atoms with E-state index in [-0.39, 0.29) is 0 Å². The summed E-state index contributed by atoms with van der Waals surface area (Å²) in [6.45, 7) is 5.12. The molecule has 2 N–H and O–H groups in total. The summed E-state index contributed by atoms with van der Waals surface area (Å²) in [6.07, 6.45) is 2.67. The normalized spacial score (nSPS) is 10.3. The van der Waals surface area contributed by atoms with Crippen LogP contribution in [0, 0.1) is 6.92 Å². The Morgan fingerprint density at radius 3 is 2.60 bits per heavy atom. The quantitative estimate of drug-likeness (QED) is 0.875. The first-order valence-electron chi connectivity index (χ1n) is 6.80. The van der Waals surface area contributed by atoms with Gasteiger partial charge in [-0.1, -0.05) is 19.1 Å². The standard InChI is InChI=1S/C16H20N2O2/c1-3-10-19-14-6-4-5-7-15(14)20-16-13(11-17)12(2)8-9-18-16/h4-9H,3,10-11,17H2,1-2H3. The Labute approximate surface area is 119 Å². The minimum Gasteiger partial charge on any atom is -0.490 e. The number of benzene rings is 1. The molecule has 0 unspecified atom stereocenters. The highest BCUT2D eigenvalue weighted by Gasteiger charge is 2.11. The molecule has 0 amide bonds. The van der Waals surface area contributed by atoms with Gasteiger partial charge >= 0.3 is 0 Å². The van der Waals surface area contributed by atoms with E-state index < -0.39 is 0 Å². The highest BCUT2D eigenvalue weighted by atomic mass is 16.5. The van der Waals surface area contributed by atoms with Crippen LogP contribution in [-0.2, 0) is 6.54 Å². The Kier molecular flexibility index (Phi) is 4.96. The monoisotopic (exact) mass is 272 g/mol. The van der Waals surface area contributed by atoms with Gasteiger partial charge in [-0.3, -0.25) is 0 Å². The summed E-state index contributed by atoms with van der Waals surface area (Å²) >= 11 is 0. The zero-order chi connectivity index (χ0) is 14.4. The van der Waals surface area contributed by atoms with E-state index in [1.54, 1.807) is 6.20 Å². The lowest BCUT2D eigenvalue weighted by atomic mass is 10.1. The molecule has 2 rings (SSSR count). The number of aromatic nitrogens is 1. The third-order valence-electron chi connectivity index (χ3n) is 2.97. The third-order valence-corrected chi connectivity index (χ3v) is 2.97. The second-order valence-corrected chi connectivity index (χ2v) is 4.51. The Hall–Kier alpha value is -2.07. The molecular formula is C16H20N2O2. The SMILES string of the molecule is CCCOc1ccccc1Oc1nccc(C)c1CN. The van der Waals surface area contributed by atoms with Crippen molar-refractivity contribution in [2.24, 2.45) is 5.73 Å². The second kappa shape index (κ2) is 6.91. The lowest BCUT2D eigenvalue weighted by Gasteiger charge is -2.14. The lowest BCUT2D eigenvalue weighted by molar-refractivity contribution is 0.300. The van der Waals surface area contributed by atoms with Crippen LogP contribution in [0.15, 0.2) is 36.5 Å². The van der Waals surface area contributed by atoms with Crippen LogP contribution in [0.4, 0.5) is 0 Å². The zero-order valence-electron chi connectivity index (χ0n) is 11.9. The number of hydrogen-bond donors (Lipinski definition) is 1. The van der Waals surface area contributed by atoms with Gasteiger partial charge in [0.2, 0.25) is 5.88 Å². The molecule has 4 nitrogen and oxygen atoms in total. The van der Waals surface area contributed by atoms with Crippen LogP contribution in [0.5, 0.6) is 17.4 Å². The zero-order valence-corrected chi connectivity index (χ0v) is 11.9. The summed E-state index contributed by atoms with van der Waals surface area (Å²) in [7, 11) is 0. The maximum atomic E-state index is 5.89. The van der Waals surface area contributed by atoms with Crippen LogP contribution < -0.4 is 15.2 Å². The summed E-state index contributed by atoms with van der Waals surface area (Å²) in [5.74, 6) is 1.93. The molecule has 0 fully saturated rings. The van der Waals surface area contributed by atoms with Gasteiger partial charge in [0.15, 0.2) is 11.5 Å². The van der Waals surface area contributed by atoms with Gasteiger partial charge < -0.3 is 15.2 Å². The van der Waals surface area contributed by atoms with E-state index in [1.165, 1.54) is 0 Å². The van der Waals surface area contributed by atoms with Crippen molar-refractivity contribution in [2.45, 2.75) is 26.8 Å². The highest BCUT2D eigenvalue weighted by Crippen LogP contribution is 2.32. The van der Waals surface area contributed by atoms with E-state index >= 15 is 0 Å². The van der Waals surface area contributed by atoms with Gasteiger partial charge in [-0.25, -0.2) is 4.98 Å². The van der Waals surface area contributed by atoms with E-state index in [2.05, 4.69) is 11.9 Å². The van der Waals surface area contributed by atoms with Crippen molar-refractivity contribution in [3.63, 3.8) is 0 Å². The van der Waals surface area contributed by atoms with Gasteiger partial charge in [-0.05, 0) is 37.1 Å². The molecule has 20 heavy (non-hydrogen) atoms. The fraction of sp³-hybridized carbons (Fsp3) is 0.312. The van der Waals surface area contributed by atoms with E-state index in [9.17, 15) is 0 Å². The van der Waals surface area contributed by atoms with Crippen molar-refractivity contribution < 1.29 is 9.47 Å². The van der Waals surface area contributed by atoms with Crippen molar-refractivity contribution in [1.29, 1.82) is 0 Å². The predicted octanol–water partition coefficient (Wildman–Crippen LogP) is 3.43. The Morgan fingerprint density at radius 2 is 1.90 bits per heavy atom. The van der Waals surface area contributed by atoms with Crippen molar-refractivity contribution in [2.75, 3.05) is 6.61 Å². The molecule has 0 bridgehead atoms. The van der Waals surface area contributed by atoms with Crippen LogP contribution in [-0.4, -0.2) is 11.6 Å². The van der Waals surface area contributed by atoms with Gasteiger partial charge in [0.25, 0.3) is 0 Å². The minimum atomic E-state index is 0.396. The number of aryl methyl sites for hydroxylation is 1. The van der Waals surface area contributed by atoms with Crippen LogP contribution >= 0.6 is 0 Å². The van der Waals surface area contributed by atoms with Crippen LogP contribution in [0.2, 0.25) is 0 Å². The molecule has 0 aliphatic heterocycles. The summed E-state index contributed by atoms with van der Waals surface area (Å²) < 4.78 is 11.6. The number of rotatable bonds is 6. The molecule has 1 aromatic heterocycles. The maximum absolute atomic E-state index is 5.89. The molecular weight excluding hydrogens is 252 g/mol. The molecule has 106 valence electrons. The van der Waals surface area contributed by atoms with Crippen LogP contribution in [0.3, 0.4) is 0 Å². The number of para-hydroxylation sites is 2.